The number of hydrogen-bond donors (Lipinski definition) is 2. The zero-order valence-electron chi connectivity index (χ0n) is 12.2. The number of hydrogen-bond acceptors (Lipinski definition) is 2. The van der Waals surface area contributed by atoms with Crippen LogP contribution in [0.15, 0.2) is 48.5 Å². The number of halogens is 4. The minimum atomic E-state index is 0. The number of imidazole rings is 2. The van der Waals surface area contributed by atoms with Crippen molar-refractivity contribution in [3.63, 3.8) is 0 Å². The predicted molar refractivity (Wildman–Crippen MR) is 75.0 cm³/mol. The average Bonchev–Trinajstić information content (AvgIpc) is 3.00. The van der Waals surface area contributed by atoms with Crippen LogP contribution in [0, 0.1) is 0 Å². The molecule has 0 atom stereocenters. The summed E-state index contributed by atoms with van der Waals surface area (Å²) in [6, 6.07) is 16.1. The van der Waals surface area contributed by atoms with Crippen LogP contribution in [0.3, 0.4) is 0 Å². The Kier molecular flexibility index (Phi) is 11.7. The Morgan fingerprint density at radius 3 is 1.38 bits per heavy atom. The molecule has 2 aromatic heterocycles. The minimum absolute atomic E-state index is 0. The molecule has 4 aromatic rings. The van der Waals surface area contributed by atoms with Crippen LogP contribution in [0.2, 0.25) is 0 Å². The van der Waals surface area contributed by atoms with Gasteiger partial charge in [-0.05, 0) is 24.3 Å². The quantitative estimate of drug-likeness (QED) is 0.306. The predicted octanol–water partition coefficient (Wildman–Crippen LogP) is -8.96. The Labute approximate surface area is 179 Å². The second kappa shape index (κ2) is 11.0. The number of fused-ring (bicyclic) bond motifs is 2. The van der Waals surface area contributed by atoms with Gasteiger partial charge in [-0.1, -0.05) is 24.3 Å². The zero-order valence-corrected chi connectivity index (χ0v) is 16.8. The summed E-state index contributed by atoms with van der Waals surface area (Å²) in [7, 11) is 0. The molecule has 2 N–H and O–H groups in total. The minimum Gasteiger partial charge on any atom is -1.00 e. The standard InChI is InChI=1S/C15H12N4.4ClH.Ti/c1-2-6-11-10(5-1)16-14(17-11)9-15-18-12-7-3-4-8-13(12)19-15;;;;;/h1-8H,9H2,(H,16,17)(H,18,19);4*1H;/q;;;;;+4/p-4. The molecule has 4 nitrogen and oxygen atoms in total. The van der Waals surface area contributed by atoms with E-state index in [1.54, 1.807) is 0 Å². The number of nitrogens with one attached hydrogen (secondary N) is 2. The van der Waals surface area contributed by atoms with Crippen molar-refractivity contribution < 1.29 is 71.3 Å². The molecule has 2 aromatic carbocycles. The van der Waals surface area contributed by atoms with Crippen molar-refractivity contribution in [2.24, 2.45) is 0 Å². The fraction of sp³-hybridized carbons (Fsp3) is 0.0667. The van der Waals surface area contributed by atoms with Crippen molar-refractivity contribution >= 4 is 22.1 Å². The van der Waals surface area contributed by atoms with E-state index in [0.717, 1.165) is 33.7 Å². The molecule has 0 aliphatic carbocycles. The van der Waals surface area contributed by atoms with Crippen LogP contribution in [0.4, 0.5) is 0 Å². The number of aromatic amines is 2. The van der Waals surface area contributed by atoms with E-state index in [2.05, 4.69) is 19.9 Å². The van der Waals surface area contributed by atoms with Gasteiger partial charge in [0.15, 0.2) is 0 Å². The van der Waals surface area contributed by atoms with Crippen LogP contribution in [-0.4, -0.2) is 19.9 Å². The summed E-state index contributed by atoms with van der Waals surface area (Å²) in [6.07, 6.45) is 0.684. The monoisotopic (exact) mass is 436 g/mol. The maximum absolute atomic E-state index is 4.56. The molecule has 4 rings (SSSR count). The molecular formula is C15H12Cl4N4Ti. The number of rotatable bonds is 2. The second-order valence-corrected chi connectivity index (χ2v) is 4.58. The summed E-state index contributed by atoms with van der Waals surface area (Å²) in [5, 5.41) is 0. The fourth-order valence-electron chi connectivity index (χ4n) is 2.34. The van der Waals surface area contributed by atoms with E-state index >= 15 is 0 Å². The van der Waals surface area contributed by atoms with Gasteiger partial charge >= 0.3 is 21.7 Å². The molecule has 2 heterocycles. The van der Waals surface area contributed by atoms with Gasteiger partial charge in [0.2, 0.25) is 0 Å². The molecule has 0 fully saturated rings. The van der Waals surface area contributed by atoms with Gasteiger partial charge in [0.1, 0.15) is 11.6 Å². The van der Waals surface area contributed by atoms with Gasteiger partial charge < -0.3 is 59.6 Å². The van der Waals surface area contributed by atoms with E-state index < -0.39 is 0 Å². The Bertz CT molecular complexity index is 740. The third-order valence-electron chi connectivity index (χ3n) is 3.21. The second-order valence-electron chi connectivity index (χ2n) is 4.58. The molecule has 0 unspecified atom stereocenters. The van der Waals surface area contributed by atoms with Crippen LogP contribution in [0.25, 0.3) is 22.1 Å². The van der Waals surface area contributed by atoms with Crippen LogP contribution in [0.5, 0.6) is 0 Å². The topological polar surface area (TPSA) is 57.4 Å². The maximum atomic E-state index is 4.56. The number of nitrogens with zero attached hydrogens (tertiary/aromatic N) is 2. The third-order valence-corrected chi connectivity index (χ3v) is 3.21. The van der Waals surface area contributed by atoms with Crippen molar-refractivity contribution in [2.75, 3.05) is 0 Å². The van der Waals surface area contributed by atoms with Crippen molar-refractivity contribution in [3.8, 4) is 0 Å². The number of aromatic nitrogens is 4. The summed E-state index contributed by atoms with van der Waals surface area (Å²) in [5.74, 6) is 1.86. The van der Waals surface area contributed by atoms with Crippen molar-refractivity contribution in [2.45, 2.75) is 6.42 Å². The van der Waals surface area contributed by atoms with Crippen LogP contribution in [0.1, 0.15) is 11.6 Å². The van der Waals surface area contributed by atoms with Gasteiger partial charge in [0, 0.05) is 0 Å². The molecule has 9 heteroatoms. The summed E-state index contributed by atoms with van der Waals surface area (Å²) >= 11 is 0. The van der Waals surface area contributed by atoms with Gasteiger partial charge in [-0.2, -0.15) is 0 Å². The van der Waals surface area contributed by atoms with Gasteiger partial charge in [-0.15, -0.1) is 0 Å². The molecular weight excluding hydrogens is 426 g/mol. The molecule has 0 aliphatic heterocycles. The number of para-hydroxylation sites is 4. The molecule has 24 heavy (non-hydrogen) atoms. The van der Waals surface area contributed by atoms with Gasteiger partial charge in [0.25, 0.3) is 0 Å². The van der Waals surface area contributed by atoms with Crippen LogP contribution >= 0.6 is 0 Å². The Hall–Kier alpha value is -0.746. The molecule has 124 valence electrons. The summed E-state index contributed by atoms with van der Waals surface area (Å²) < 4.78 is 0. The maximum Gasteiger partial charge on any atom is 4.00 e. The van der Waals surface area contributed by atoms with E-state index in [4.69, 9.17) is 0 Å². The summed E-state index contributed by atoms with van der Waals surface area (Å²) in [6.45, 7) is 0. The molecule has 0 aliphatic rings. The van der Waals surface area contributed by atoms with E-state index in [9.17, 15) is 0 Å². The van der Waals surface area contributed by atoms with E-state index in [-0.39, 0.29) is 71.3 Å². The molecule has 0 amide bonds. The van der Waals surface area contributed by atoms with E-state index in [1.807, 2.05) is 48.5 Å². The Morgan fingerprint density at radius 1 is 0.625 bits per heavy atom. The first-order valence-electron chi connectivity index (χ1n) is 6.26. The first kappa shape index (κ1) is 25.5. The first-order chi connectivity index (χ1) is 9.38. The zero-order chi connectivity index (χ0) is 12.7. The number of benzene rings is 2. The average molecular weight is 438 g/mol. The first-order valence-corrected chi connectivity index (χ1v) is 6.26. The summed E-state index contributed by atoms with van der Waals surface area (Å²) in [5.41, 5.74) is 4.12. The summed E-state index contributed by atoms with van der Waals surface area (Å²) in [4.78, 5) is 15.8. The molecule has 0 spiro atoms. The van der Waals surface area contributed by atoms with Gasteiger partial charge in [-0.3, -0.25) is 0 Å². The van der Waals surface area contributed by atoms with Gasteiger partial charge in [0.05, 0.1) is 28.5 Å². The third kappa shape index (κ3) is 5.12. The normalized spacial score (nSPS) is 9.00. The van der Waals surface area contributed by atoms with Crippen LogP contribution < -0.4 is 49.6 Å². The Balaban J connectivity index is 0. The molecule has 0 saturated heterocycles. The molecule has 0 bridgehead atoms. The Morgan fingerprint density at radius 2 is 1.00 bits per heavy atom. The molecule has 0 radical (unpaired) electrons. The number of H-pyrrole nitrogens is 2. The van der Waals surface area contributed by atoms with Crippen molar-refractivity contribution in [1.29, 1.82) is 0 Å². The van der Waals surface area contributed by atoms with Gasteiger partial charge in [-0.25, -0.2) is 9.97 Å². The van der Waals surface area contributed by atoms with Crippen molar-refractivity contribution in [3.05, 3.63) is 60.2 Å². The molecule has 0 saturated carbocycles. The van der Waals surface area contributed by atoms with E-state index in [0.29, 0.717) is 6.42 Å². The van der Waals surface area contributed by atoms with Crippen molar-refractivity contribution in [1.82, 2.24) is 19.9 Å². The largest absolute Gasteiger partial charge is 4.00 e. The van der Waals surface area contributed by atoms with Crippen LogP contribution in [-0.2, 0) is 28.1 Å². The van der Waals surface area contributed by atoms with E-state index in [1.165, 1.54) is 0 Å². The SMILES string of the molecule is [Cl-].[Cl-].[Cl-].[Cl-].[Ti+4].c1ccc2[nH]c(Cc3nc4ccccc4[nH]3)nc2c1. The smallest absolute Gasteiger partial charge is 1.00 e. The fourth-order valence-corrected chi connectivity index (χ4v) is 2.34.